The third-order valence-electron chi connectivity index (χ3n) is 6.26. The Balaban J connectivity index is 1.60. The molecule has 4 N–H and O–H groups in total. The van der Waals surface area contributed by atoms with Crippen molar-refractivity contribution in [1.82, 2.24) is 5.32 Å². The van der Waals surface area contributed by atoms with Crippen LogP contribution in [0.4, 0.5) is 0 Å². The molecule has 2 aliphatic heterocycles. The summed E-state index contributed by atoms with van der Waals surface area (Å²) in [6.07, 6.45) is -2.34. The molecule has 0 saturated carbocycles. The average molecular weight is 383 g/mol. The zero-order valence-corrected chi connectivity index (χ0v) is 16.4. The minimum Gasteiger partial charge on any atom is -0.387 e. The van der Waals surface area contributed by atoms with Gasteiger partial charge in [-0.05, 0) is 47.6 Å². The number of aliphatic hydroxyl groups excluding tert-OH is 3. The molecule has 0 aliphatic carbocycles. The second-order valence-corrected chi connectivity index (χ2v) is 8.17. The van der Waals surface area contributed by atoms with Crippen molar-refractivity contribution in [1.29, 1.82) is 0 Å². The van der Waals surface area contributed by atoms with Crippen LogP contribution in [0.25, 0.3) is 0 Å². The lowest BCUT2D eigenvalue weighted by molar-refractivity contribution is -0.283. The summed E-state index contributed by atoms with van der Waals surface area (Å²) in [6, 6.07) is 14.7. The molecular formula is C23H29NO4. The summed E-state index contributed by atoms with van der Waals surface area (Å²) in [5, 5.41) is 34.4. The number of aryl methyl sites for hydroxylation is 2. The second-order valence-electron chi connectivity index (χ2n) is 8.17. The van der Waals surface area contributed by atoms with Gasteiger partial charge in [0, 0.05) is 13.1 Å². The van der Waals surface area contributed by atoms with Gasteiger partial charge in [-0.15, -0.1) is 0 Å². The summed E-state index contributed by atoms with van der Waals surface area (Å²) in [4.78, 5) is 0. The number of hydrogen-bond donors (Lipinski definition) is 4. The van der Waals surface area contributed by atoms with Crippen molar-refractivity contribution in [3.8, 4) is 0 Å². The Hall–Kier alpha value is -1.76. The highest BCUT2D eigenvalue weighted by Gasteiger charge is 2.56. The fourth-order valence-electron chi connectivity index (χ4n) is 4.17. The first kappa shape index (κ1) is 19.6. The van der Waals surface area contributed by atoms with Crippen molar-refractivity contribution in [2.75, 3.05) is 13.1 Å². The molecule has 150 valence electrons. The molecule has 2 aliphatic rings. The molecule has 0 unspecified atom stereocenters. The molecule has 4 rings (SSSR count). The highest BCUT2D eigenvalue weighted by atomic mass is 16.6. The SMILES string of the molecule is CCc1ccc(Cc2cc([C@@H]3OC4(CNC4)[C@@H](O)[C@H](O)[C@H]3O)ccc2C)cc1. The number of benzene rings is 2. The Morgan fingerprint density at radius 2 is 1.68 bits per heavy atom. The molecule has 1 spiro atoms. The van der Waals surface area contributed by atoms with Crippen LogP contribution >= 0.6 is 0 Å². The molecule has 0 aromatic heterocycles. The van der Waals surface area contributed by atoms with E-state index in [0.717, 1.165) is 18.4 Å². The molecule has 5 heteroatoms. The third kappa shape index (κ3) is 3.38. The first-order valence-corrected chi connectivity index (χ1v) is 10.0. The summed E-state index contributed by atoms with van der Waals surface area (Å²) in [6.45, 7) is 5.16. The van der Waals surface area contributed by atoms with E-state index in [2.05, 4.69) is 49.5 Å². The zero-order valence-electron chi connectivity index (χ0n) is 16.4. The summed E-state index contributed by atoms with van der Waals surface area (Å²) >= 11 is 0. The lowest BCUT2D eigenvalue weighted by Gasteiger charge is -2.54. The van der Waals surface area contributed by atoms with Gasteiger partial charge in [0.2, 0.25) is 0 Å². The average Bonchev–Trinajstić information content (AvgIpc) is 2.68. The molecular weight excluding hydrogens is 354 g/mol. The summed E-state index contributed by atoms with van der Waals surface area (Å²) in [5.41, 5.74) is 4.89. The largest absolute Gasteiger partial charge is 0.387 e. The van der Waals surface area contributed by atoms with Crippen molar-refractivity contribution < 1.29 is 20.1 Å². The van der Waals surface area contributed by atoms with Crippen molar-refractivity contribution in [2.24, 2.45) is 0 Å². The van der Waals surface area contributed by atoms with Gasteiger partial charge >= 0.3 is 0 Å². The fourth-order valence-corrected chi connectivity index (χ4v) is 4.17. The standard InChI is InChI=1S/C23H29NO4/c1-3-15-5-7-16(8-6-15)10-18-11-17(9-4-14(18)2)21-19(25)20(26)22(27)23(28-21)12-24-13-23/h4-9,11,19-22,24-27H,3,10,12-13H2,1-2H3/t19-,20-,21+,22+/m1/s1. The molecule has 2 fully saturated rings. The Kier molecular flexibility index (Phi) is 5.29. The number of rotatable bonds is 4. The normalized spacial score (nSPS) is 28.9. The van der Waals surface area contributed by atoms with Crippen molar-refractivity contribution in [3.05, 3.63) is 70.3 Å². The predicted molar refractivity (Wildman–Crippen MR) is 107 cm³/mol. The molecule has 2 heterocycles. The maximum absolute atomic E-state index is 10.6. The van der Waals surface area contributed by atoms with Crippen LogP contribution < -0.4 is 5.32 Å². The van der Waals surface area contributed by atoms with E-state index >= 15 is 0 Å². The third-order valence-corrected chi connectivity index (χ3v) is 6.26. The Labute approximate surface area is 166 Å². The van der Waals surface area contributed by atoms with E-state index < -0.39 is 30.0 Å². The molecule has 2 aromatic rings. The van der Waals surface area contributed by atoms with Gasteiger partial charge < -0.3 is 25.4 Å². The minimum atomic E-state index is -1.23. The van der Waals surface area contributed by atoms with Crippen LogP contribution in [-0.4, -0.2) is 52.3 Å². The van der Waals surface area contributed by atoms with Crippen molar-refractivity contribution in [2.45, 2.75) is 56.7 Å². The van der Waals surface area contributed by atoms with E-state index in [-0.39, 0.29) is 0 Å². The molecule has 4 atom stereocenters. The van der Waals surface area contributed by atoms with E-state index in [1.807, 2.05) is 12.1 Å². The zero-order chi connectivity index (χ0) is 19.9. The molecule has 0 amide bonds. The quantitative estimate of drug-likeness (QED) is 0.645. The number of ether oxygens (including phenoxy) is 1. The summed E-state index contributed by atoms with van der Waals surface area (Å²) in [5.74, 6) is 0. The van der Waals surface area contributed by atoms with Gasteiger partial charge in [0.1, 0.15) is 30.0 Å². The molecule has 5 nitrogen and oxygen atoms in total. The van der Waals surface area contributed by atoms with E-state index in [1.54, 1.807) is 0 Å². The topological polar surface area (TPSA) is 82.0 Å². The van der Waals surface area contributed by atoms with Crippen molar-refractivity contribution in [3.63, 3.8) is 0 Å². The van der Waals surface area contributed by atoms with Gasteiger partial charge in [-0.1, -0.05) is 49.4 Å². The summed E-state index contributed by atoms with van der Waals surface area (Å²) < 4.78 is 6.14. The highest BCUT2D eigenvalue weighted by molar-refractivity contribution is 5.38. The van der Waals surface area contributed by atoms with E-state index in [9.17, 15) is 15.3 Å². The highest BCUT2D eigenvalue weighted by Crippen LogP contribution is 2.40. The molecule has 0 bridgehead atoms. The monoisotopic (exact) mass is 383 g/mol. The van der Waals surface area contributed by atoms with Gasteiger partial charge in [0.15, 0.2) is 0 Å². The predicted octanol–water partition coefficient (Wildman–Crippen LogP) is 1.64. The van der Waals surface area contributed by atoms with Crippen LogP contribution in [0.5, 0.6) is 0 Å². The molecule has 28 heavy (non-hydrogen) atoms. The first-order chi connectivity index (χ1) is 13.4. The maximum Gasteiger partial charge on any atom is 0.122 e. The van der Waals surface area contributed by atoms with E-state index in [4.69, 9.17) is 4.74 Å². The summed E-state index contributed by atoms with van der Waals surface area (Å²) in [7, 11) is 0. The van der Waals surface area contributed by atoms with Gasteiger partial charge in [-0.2, -0.15) is 0 Å². The lowest BCUT2D eigenvalue weighted by atomic mass is 9.79. The maximum atomic E-state index is 10.6. The molecule has 0 radical (unpaired) electrons. The van der Waals surface area contributed by atoms with E-state index in [1.165, 1.54) is 22.3 Å². The van der Waals surface area contributed by atoms with Crippen LogP contribution in [0.3, 0.4) is 0 Å². The van der Waals surface area contributed by atoms with Gasteiger partial charge in [-0.3, -0.25) is 0 Å². The first-order valence-electron chi connectivity index (χ1n) is 10.0. The van der Waals surface area contributed by atoms with Gasteiger partial charge in [-0.25, -0.2) is 0 Å². The Morgan fingerprint density at radius 1 is 1.00 bits per heavy atom. The van der Waals surface area contributed by atoms with Crippen LogP contribution in [-0.2, 0) is 17.6 Å². The number of hydrogen-bond acceptors (Lipinski definition) is 5. The lowest BCUT2D eigenvalue weighted by Crippen LogP contribution is -2.74. The fraction of sp³-hybridized carbons (Fsp3) is 0.478. The Morgan fingerprint density at radius 3 is 2.29 bits per heavy atom. The van der Waals surface area contributed by atoms with Crippen LogP contribution in [0.15, 0.2) is 42.5 Å². The molecule has 2 saturated heterocycles. The van der Waals surface area contributed by atoms with Crippen LogP contribution in [0.1, 0.15) is 40.8 Å². The van der Waals surface area contributed by atoms with Crippen LogP contribution in [0.2, 0.25) is 0 Å². The Bertz CT molecular complexity index is 831. The van der Waals surface area contributed by atoms with Crippen LogP contribution in [0, 0.1) is 6.92 Å². The van der Waals surface area contributed by atoms with Gasteiger partial charge in [0.05, 0.1) is 0 Å². The number of nitrogens with one attached hydrogen (secondary N) is 1. The van der Waals surface area contributed by atoms with E-state index in [0.29, 0.717) is 13.1 Å². The smallest absolute Gasteiger partial charge is 0.122 e. The second kappa shape index (κ2) is 7.58. The van der Waals surface area contributed by atoms with Crippen molar-refractivity contribution >= 4 is 0 Å². The minimum absolute atomic E-state index is 0.469. The number of aliphatic hydroxyl groups is 3. The van der Waals surface area contributed by atoms with Gasteiger partial charge in [0.25, 0.3) is 0 Å². The molecule has 2 aromatic carbocycles.